The molecule has 84 valence electrons. The van der Waals surface area contributed by atoms with Gasteiger partial charge in [0.15, 0.2) is 0 Å². The molecule has 0 saturated heterocycles. The van der Waals surface area contributed by atoms with Gasteiger partial charge in [0.25, 0.3) is 0 Å². The highest BCUT2D eigenvalue weighted by atomic mass is 16.3. The Hall–Kier alpha value is -0.820. The van der Waals surface area contributed by atoms with Crippen LogP contribution in [0.5, 0.6) is 0 Å². The lowest BCUT2D eigenvalue weighted by Gasteiger charge is -2.19. The van der Waals surface area contributed by atoms with Gasteiger partial charge in [-0.15, -0.1) is 0 Å². The minimum Gasteiger partial charge on any atom is -0.396 e. The predicted molar refractivity (Wildman–Crippen MR) is 65.0 cm³/mol. The summed E-state index contributed by atoms with van der Waals surface area (Å²) in [7, 11) is 0. The quantitative estimate of drug-likeness (QED) is 0.802. The van der Waals surface area contributed by atoms with Crippen LogP contribution in [0.15, 0.2) is 18.2 Å². The summed E-state index contributed by atoms with van der Waals surface area (Å²) >= 11 is 0. The Morgan fingerprint density at radius 1 is 1.20 bits per heavy atom. The van der Waals surface area contributed by atoms with Gasteiger partial charge in [-0.25, -0.2) is 0 Å². The van der Waals surface area contributed by atoms with Crippen LogP contribution in [0.25, 0.3) is 0 Å². The molecule has 0 aliphatic carbocycles. The monoisotopic (exact) mass is 206 g/mol. The Balaban J connectivity index is 2.79. The van der Waals surface area contributed by atoms with E-state index >= 15 is 0 Å². The third-order valence-electron chi connectivity index (χ3n) is 3.16. The molecule has 0 aliphatic heterocycles. The number of aliphatic hydroxyl groups is 1. The molecule has 1 aromatic rings. The zero-order chi connectivity index (χ0) is 11.4. The smallest absolute Gasteiger partial charge is 0.0464 e. The van der Waals surface area contributed by atoms with Crippen LogP contribution in [-0.2, 0) is 6.42 Å². The van der Waals surface area contributed by atoms with Crippen molar-refractivity contribution in [1.29, 1.82) is 0 Å². The van der Waals surface area contributed by atoms with Crippen molar-refractivity contribution in [3.05, 3.63) is 34.9 Å². The Morgan fingerprint density at radius 3 is 2.33 bits per heavy atom. The van der Waals surface area contributed by atoms with Gasteiger partial charge < -0.3 is 5.11 Å². The second-order valence-corrected chi connectivity index (χ2v) is 4.82. The highest BCUT2D eigenvalue weighted by Crippen LogP contribution is 2.19. The van der Waals surface area contributed by atoms with E-state index in [4.69, 9.17) is 0 Å². The standard InChI is InChI=1S/C14H22O/c1-10(2)14(9-15)8-13-6-5-11(3)7-12(13)4/h5-7,10,14-15H,8-9H2,1-4H3. The van der Waals surface area contributed by atoms with Crippen LogP contribution in [-0.4, -0.2) is 11.7 Å². The molecule has 0 amide bonds. The van der Waals surface area contributed by atoms with E-state index in [0.29, 0.717) is 11.8 Å². The SMILES string of the molecule is Cc1ccc(CC(CO)C(C)C)c(C)c1. The van der Waals surface area contributed by atoms with Gasteiger partial charge in [-0.05, 0) is 43.2 Å². The van der Waals surface area contributed by atoms with Gasteiger partial charge >= 0.3 is 0 Å². The molecular formula is C14H22O. The predicted octanol–water partition coefficient (Wildman–Crippen LogP) is 3.11. The molecule has 0 radical (unpaired) electrons. The minimum absolute atomic E-state index is 0.283. The lowest BCUT2D eigenvalue weighted by Crippen LogP contribution is -2.16. The first-order chi connectivity index (χ1) is 7.04. The van der Waals surface area contributed by atoms with Crippen molar-refractivity contribution >= 4 is 0 Å². The first-order valence-corrected chi connectivity index (χ1v) is 5.71. The maximum absolute atomic E-state index is 9.30. The van der Waals surface area contributed by atoms with Crippen LogP contribution in [0, 0.1) is 25.7 Å². The third-order valence-corrected chi connectivity index (χ3v) is 3.16. The van der Waals surface area contributed by atoms with E-state index in [0.717, 1.165) is 6.42 Å². The van der Waals surface area contributed by atoms with Crippen LogP contribution in [0.3, 0.4) is 0 Å². The molecule has 1 nitrogen and oxygen atoms in total. The summed E-state index contributed by atoms with van der Waals surface area (Å²) in [5.41, 5.74) is 4.02. The number of aliphatic hydroxyl groups excluding tert-OH is 1. The topological polar surface area (TPSA) is 20.2 Å². The number of benzene rings is 1. The third kappa shape index (κ3) is 3.35. The fourth-order valence-electron chi connectivity index (χ4n) is 1.87. The summed E-state index contributed by atoms with van der Waals surface area (Å²) in [5.74, 6) is 0.919. The number of rotatable bonds is 4. The maximum Gasteiger partial charge on any atom is 0.0464 e. The minimum atomic E-state index is 0.283. The molecule has 0 saturated carbocycles. The molecule has 0 heterocycles. The van der Waals surface area contributed by atoms with Gasteiger partial charge in [0, 0.05) is 6.61 Å². The van der Waals surface area contributed by atoms with Crippen LogP contribution in [0.1, 0.15) is 30.5 Å². The zero-order valence-electron chi connectivity index (χ0n) is 10.2. The molecule has 1 rings (SSSR count). The van der Waals surface area contributed by atoms with Crippen molar-refractivity contribution < 1.29 is 5.11 Å². The van der Waals surface area contributed by atoms with Gasteiger partial charge in [-0.1, -0.05) is 37.6 Å². The molecule has 1 unspecified atom stereocenters. The number of hydrogen-bond donors (Lipinski definition) is 1. The normalized spacial score (nSPS) is 13.2. The Labute approximate surface area is 93.1 Å². The van der Waals surface area contributed by atoms with Gasteiger partial charge in [-0.2, -0.15) is 0 Å². The molecule has 0 fully saturated rings. The van der Waals surface area contributed by atoms with E-state index in [9.17, 15) is 5.11 Å². The zero-order valence-corrected chi connectivity index (χ0v) is 10.2. The van der Waals surface area contributed by atoms with E-state index < -0.39 is 0 Å². The lowest BCUT2D eigenvalue weighted by molar-refractivity contribution is 0.189. The number of aryl methyl sites for hydroxylation is 2. The first kappa shape index (κ1) is 12.3. The average molecular weight is 206 g/mol. The van der Waals surface area contributed by atoms with Crippen LogP contribution >= 0.6 is 0 Å². The Bertz CT molecular complexity index is 315. The summed E-state index contributed by atoms with van der Waals surface area (Å²) < 4.78 is 0. The van der Waals surface area contributed by atoms with E-state index in [-0.39, 0.29) is 6.61 Å². The van der Waals surface area contributed by atoms with E-state index in [2.05, 4.69) is 45.9 Å². The van der Waals surface area contributed by atoms with Crippen LogP contribution in [0.4, 0.5) is 0 Å². The van der Waals surface area contributed by atoms with Gasteiger partial charge in [-0.3, -0.25) is 0 Å². The molecule has 1 N–H and O–H groups in total. The van der Waals surface area contributed by atoms with Gasteiger partial charge in [0.05, 0.1) is 0 Å². The van der Waals surface area contributed by atoms with Crippen molar-refractivity contribution in [2.24, 2.45) is 11.8 Å². The van der Waals surface area contributed by atoms with Crippen molar-refractivity contribution in [2.45, 2.75) is 34.1 Å². The van der Waals surface area contributed by atoms with E-state index in [1.807, 2.05) is 0 Å². The second kappa shape index (κ2) is 5.32. The fourth-order valence-corrected chi connectivity index (χ4v) is 1.87. The van der Waals surface area contributed by atoms with Gasteiger partial charge in [0.2, 0.25) is 0 Å². The number of hydrogen-bond acceptors (Lipinski definition) is 1. The Morgan fingerprint density at radius 2 is 1.87 bits per heavy atom. The molecule has 0 aliphatic rings. The molecular weight excluding hydrogens is 184 g/mol. The van der Waals surface area contributed by atoms with Crippen molar-refractivity contribution in [1.82, 2.24) is 0 Å². The van der Waals surface area contributed by atoms with Crippen LogP contribution in [0.2, 0.25) is 0 Å². The first-order valence-electron chi connectivity index (χ1n) is 5.71. The maximum atomic E-state index is 9.30. The highest BCUT2D eigenvalue weighted by molar-refractivity contribution is 5.30. The molecule has 1 heteroatoms. The van der Waals surface area contributed by atoms with E-state index in [1.54, 1.807) is 0 Å². The summed E-state index contributed by atoms with van der Waals surface area (Å²) in [6, 6.07) is 6.55. The van der Waals surface area contributed by atoms with Crippen LogP contribution < -0.4 is 0 Å². The molecule has 1 atom stereocenters. The average Bonchev–Trinajstić information content (AvgIpc) is 2.16. The summed E-state index contributed by atoms with van der Waals surface area (Å²) in [6.45, 7) is 8.89. The summed E-state index contributed by atoms with van der Waals surface area (Å²) in [5, 5.41) is 9.30. The van der Waals surface area contributed by atoms with E-state index in [1.165, 1.54) is 16.7 Å². The molecule has 1 aromatic carbocycles. The molecule has 0 aromatic heterocycles. The van der Waals surface area contributed by atoms with Crippen molar-refractivity contribution in [3.8, 4) is 0 Å². The summed E-state index contributed by atoms with van der Waals surface area (Å²) in [4.78, 5) is 0. The van der Waals surface area contributed by atoms with Crippen molar-refractivity contribution in [2.75, 3.05) is 6.61 Å². The van der Waals surface area contributed by atoms with Crippen molar-refractivity contribution in [3.63, 3.8) is 0 Å². The second-order valence-electron chi connectivity index (χ2n) is 4.82. The largest absolute Gasteiger partial charge is 0.396 e. The fraction of sp³-hybridized carbons (Fsp3) is 0.571. The Kier molecular flexibility index (Phi) is 4.34. The van der Waals surface area contributed by atoms with Gasteiger partial charge in [0.1, 0.15) is 0 Å². The highest BCUT2D eigenvalue weighted by Gasteiger charge is 2.13. The molecule has 15 heavy (non-hydrogen) atoms. The molecule has 0 bridgehead atoms. The lowest BCUT2D eigenvalue weighted by atomic mass is 9.88. The molecule has 0 spiro atoms. The summed E-state index contributed by atoms with van der Waals surface area (Å²) in [6.07, 6.45) is 0.986.